The molecule has 54 heavy (non-hydrogen) atoms. The van der Waals surface area contributed by atoms with E-state index in [0.717, 1.165) is 4.90 Å². The first kappa shape index (κ1) is 45.1. The summed E-state index contributed by atoms with van der Waals surface area (Å²) in [6.07, 6.45) is 2.34. The van der Waals surface area contributed by atoms with Gasteiger partial charge in [0.05, 0.1) is 98.8 Å². The van der Waals surface area contributed by atoms with Crippen molar-refractivity contribution in [2.45, 2.75) is 12.8 Å². The Bertz CT molecular complexity index is 1290. The van der Waals surface area contributed by atoms with Gasteiger partial charge in [0, 0.05) is 51.2 Å². The summed E-state index contributed by atoms with van der Waals surface area (Å²) in [6.45, 7) is 2.37. The van der Waals surface area contributed by atoms with E-state index in [-0.39, 0.29) is 83.8 Å². The second-order valence-corrected chi connectivity index (χ2v) is 11.3. The third-order valence-corrected chi connectivity index (χ3v) is 7.21. The Labute approximate surface area is 311 Å². The Morgan fingerprint density at radius 3 is 1.43 bits per heavy atom. The van der Waals surface area contributed by atoms with Gasteiger partial charge in [-0.05, 0) is 0 Å². The first-order valence-electron chi connectivity index (χ1n) is 17.4. The molecule has 302 valence electrons. The predicted molar refractivity (Wildman–Crippen MR) is 184 cm³/mol. The minimum atomic E-state index is -0.665. The Kier molecular flexibility index (Phi) is 23.0. The average molecular weight is 771 g/mol. The second-order valence-electron chi connectivity index (χ2n) is 11.3. The molecule has 2 aliphatic heterocycles. The van der Waals surface area contributed by atoms with Crippen LogP contribution in [-0.4, -0.2) is 188 Å². The van der Waals surface area contributed by atoms with Crippen LogP contribution in [0.15, 0.2) is 12.2 Å². The van der Waals surface area contributed by atoms with Gasteiger partial charge < -0.3 is 60.5 Å². The third kappa shape index (κ3) is 21.5. The van der Waals surface area contributed by atoms with Crippen molar-refractivity contribution >= 4 is 53.2 Å². The van der Waals surface area contributed by atoms with Crippen LogP contribution < -0.4 is 31.9 Å². The molecule has 22 nitrogen and oxygen atoms in total. The largest absolute Gasteiger partial charge is 0.379 e. The Morgan fingerprint density at radius 2 is 0.926 bits per heavy atom. The maximum absolute atomic E-state index is 12.0. The highest BCUT2D eigenvalue weighted by Gasteiger charge is 2.23. The molecular formula is C32H50N8O14. The molecule has 0 aromatic carbocycles. The normalized spacial score (nSPS) is 13.7. The van der Waals surface area contributed by atoms with E-state index < -0.39 is 54.4 Å². The molecule has 0 unspecified atom stereocenters. The lowest BCUT2D eigenvalue weighted by atomic mass is 10.3. The van der Waals surface area contributed by atoms with Gasteiger partial charge in [0.15, 0.2) is 0 Å². The molecule has 1 saturated heterocycles. The minimum Gasteiger partial charge on any atom is -0.379 e. The maximum Gasteiger partial charge on any atom is 0.253 e. The lowest BCUT2D eigenvalue weighted by Crippen LogP contribution is -2.48. The van der Waals surface area contributed by atoms with E-state index in [1.54, 1.807) is 4.90 Å². The number of morpholine rings is 1. The van der Waals surface area contributed by atoms with E-state index in [9.17, 15) is 43.2 Å². The van der Waals surface area contributed by atoms with Gasteiger partial charge >= 0.3 is 0 Å². The van der Waals surface area contributed by atoms with E-state index in [4.69, 9.17) is 23.7 Å². The topological polar surface area (TPSA) is 278 Å². The lowest BCUT2D eigenvalue weighted by molar-refractivity contribution is -0.137. The number of carbonyl (C=O) groups excluding carboxylic acids is 9. The number of carbonyl (C=O) groups is 9. The first-order chi connectivity index (χ1) is 26.0. The highest BCUT2D eigenvalue weighted by Crippen LogP contribution is 2.04. The molecule has 2 aliphatic rings. The minimum absolute atomic E-state index is 0.00376. The molecule has 1 fully saturated rings. The Hall–Kier alpha value is -5.03. The molecule has 0 atom stereocenters. The fourth-order valence-corrected chi connectivity index (χ4v) is 4.30. The SMILES string of the molecule is O=C(CCN1C(=O)C=CC1=O)NCCOCCOCCOCCOCCC(=O)NCC(=O)NCC(=O)NCC(=O)NCC(=O)NCC(=O)N1CCOCC1. The Morgan fingerprint density at radius 1 is 0.519 bits per heavy atom. The number of nitrogens with one attached hydrogen (secondary N) is 6. The van der Waals surface area contributed by atoms with Gasteiger partial charge in [0.25, 0.3) is 11.8 Å². The van der Waals surface area contributed by atoms with Crippen molar-refractivity contribution in [1.82, 2.24) is 41.7 Å². The summed E-state index contributed by atoms with van der Waals surface area (Å²) in [7, 11) is 0. The zero-order chi connectivity index (χ0) is 39.4. The molecule has 2 rings (SSSR count). The smallest absolute Gasteiger partial charge is 0.253 e. The molecule has 9 amide bonds. The van der Waals surface area contributed by atoms with Gasteiger partial charge in [-0.25, -0.2) is 0 Å². The molecule has 0 saturated carbocycles. The van der Waals surface area contributed by atoms with Gasteiger partial charge in [-0.1, -0.05) is 0 Å². The van der Waals surface area contributed by atoms with Crippen LogP contribution in [0.3, 0.4) is 0 Å². The fourth-order valence-electron chi connectivity index (χ4n) is 4.30. The zero-order valence-electron chi connectivity index (χ0n) is 30.1. The highest BCUT2D eigenvalue weighted by atomic mass is 16.6. The van der Waals surface area contributed by atoms with Gasteiger partial charge in [-0.2, -0.15) is 0 Å². The fraction of sp³-hybridized carbons (Fsp3) is 0.656. The van der Waals surface area contributed by atoms with Crippen molar-refractivity contribution in [3.05, 3.63) is 12.2 Å². The van der Waals surface area contributed by atoms with Crippen molar-refractivity contribution in [3.63, 3.8) is 0 Å². The number of rotatable bonds is 28. The zero-order valence-corrected chi connectivity index (χ0v) is 30.1. The summed E-state index contributed by atoms with van der Waals surface area (Å²) >= 11 is 0. The molecular weight excluding hydrogens is 720 g/mol. The standard InChI is InChI=1S/C32H50N8O14/c41-24(3-6-40-30(47)1-2-31(40)48)33-5-10-51-14-16-54-18-17-53-15-13-50-9-4-25(42)34-19-26(43)35-20-27(44)36-21-28(45)37-22-29(46)38-23-32(49)39-7-11-52-12-8-39/h1-2H,3-23H2,(H,33,41)(H,34,42)(H,35,43)(H,36,44)(H,37,45)(H,38,46). The monoisotopic (exact) mass is 770 g/mol. The summed E-state index contributed by atoms with van der Waals surface area (Å²) in [5.74, 6) is -4.37. The number of amides is 9. The average Bonchev–Trinajstić information content (AvgIpc) is 3.50. The number of hydrogen-bond donors (Lipinski definition) is 6. The molecule has 22 heteroatoms. The molecule has 0 bridgehead atoms. The first-order valence-corrected chi connectivity index (χ1v) is 17.4. The van der Waals surface area contributed by atoms with E-state index >= 15 is 0 Å². The van der Waals surface area contributed by atoms with Crippen LogP contribution in [0.5, 0.6) is 0 Å². The van der Waals surface area contributed by atoms with Gasteiger partial charge in [0.2, 0.25) is 41.4 Å². The van der Waals surface area contributed by atoms with E-state index in [2.05, 4.69) is 31.9 Å². The van der Waals surface area contributed by atoms with Crippen LogP contribution in [0.25, 0.3) is 0 Å². The van der Waals surface area contributed by atoms with Crippen LogP contribution in [0.2, 0.25) is 0 Å². The van der Waals surface area contributed by atoms with Gasteiger partial charge in [-0.15, -0.1) is 0 Å². The molecule has 0 spiro atoms. The number of nitrogens with zero attached hydrogens (tertiary/aromatic N) is 2. The number of imide groups is 1. The molecule has 0 aromatic rings. The van der Waals surface area contributed by atoms with Crippen LogP contribution in [-0.2, 0) is 66.8 Å². The lowest BCUT2D eigenvalue weighted by Gasteiger charge is -2.26. The summed E-state index contributed by atoms with van der Waals surface area (Å²) in [4.78, 5) is 109. The summed E-state index contributed by atoms with van der Waals surface area (Å²) in [5, 5.41) is 14.3. The maximum atomic E-state index is 12.0. The van der Waals surface area contributed by atoms with Crippen LogP contribution >= 0.6 is 0 Å². The van der Waals surface area contributed by atoms with Crippen molar-refractivity contribution in [3.8, 4) is 0 Å². The Balaban J connectivity index is 1.31. The van der Waals surface area contributed by atoms with Crippen LogP contribution in [0, 0.1) is 0 Å². The van der Waals surface area contributed by atoms with Gasteiger partial charge in [-0.3, -0.25) is 48.1 Å². The third-order valence-electron chi connectivity index (χ3n) is 7.21. The summed E-state index contributed by atoms with van der Waals surface area (Å²) in [5.41, 5.74) is 0. The number of ether oxygens (including phenoxy) is 5. The van der Waals surface area contributed by atoms with E-state index in [0.29, 0.717) is 52.7 Å². The van der Waals surface area contributed by atoms with Crippen molar-refractivity contribution in [1.29, 1.82) is 0 Å². The van der Waals surface area contributed by atoms with Crippen molar-refractivity contribution in [2.24, 2.45) is 0 Å². The molecule has 0 radical (unpaired) electrons. The van der Waals surface area contributed by atoms with Crippen molar-refractivity contribution < 1.29 is 66.8 Å². The molecule has 0 aliphatic carbocycles. The van der Waals surface area contributed by atoms with Gasteiger partial charge in [0.1, 0.15) is 0 Å². The van der Waals surface area contributed by atoms with E-state index in [1.165, 1.54) is 12.2 Å². The quantitative estimate of drug-likeness (QED) is 0.0320. The molecule has 2 heterocycles. The van der Waals surface area contributed by atoms with Crippen LogP contribution in [0.1, 0.15) is 12.8 Å². The molecule has 6 N–H and O–H groups in total. The van der Waals surface area contributed by atoms with Crippen molar-refractivity contribution in [2.75, 3.05) is 125 Å². The second kappa shape index (κ2) is 27.6. The predicted octanol–water partition coefficient (Wildman–Crippen LogP) is -5.69. The van der Waals surface area contributed by atoms with Crippen LogP contribution in [0.4, 0.5) is 0 Å². The molecule has 0 aromatic heterocycles. The number of hydrogen-bond acceptors (Lipinski definition) is 14. The summed E-state index contributed by atoms with van der Waals surface area (Å²) in [6, 6.07) is 0. The summed E-state index contributed by atoms with van der Waals surface area (Å²) < 4.78 is 26.6. The van der Waals surface area contributed by atoms with E-state index in [1.807, 2.05) is 0 Å². The highest BCUT2D eigenvalue weighted by molar-refractivity contribution is 6.13.